The van der Waals surface area contributed by atoms with Crippen LogP contribution in [0, 0.1) is 5.41 Å². The lowest BCUT2D eigenvalue weighted by molar-refractivity contribution is -0.173. The van der Waals surface area contributed by atoms with Crippen LogP contribution >= 0.6 is 0 Å². The van der Waals surface area contributed by atoms with Crippen molar-refractivity contribution in [1.82, 2.24) is 5.43 Å². The van der Waals surface area contributed by atoms with Crippen LogP contribution in [0.1, 0.15) is 92.1 Å². The fourth-order valence-corrected chi connectivity index (χ4v) is 5.88. The Kier molecular flexibility index (Phi) is 13.2. The summed E-state index contributed by atoms with van der Waals surface area (Å²) in [5.74, 6) is -2.01. The molecule has 0 aliphatic rings. The molecule has 0 aliphatic heterocycles. The molecule has 9 nitrogen and oxygen atoms in total. The van der Waals surface area contributed by atoms with Gasteiger partial charge in [0.15, 0.2) is 0 Å². The number of nitrogens with one attached hydrogen (secondary N) is 3. The zero-order valence-electron chi connectivity index (χ0n) is 26.6. The fraction of sp³-hybridized carbons (Fsp3) is 0.581. The highest BCUT2D eigenvalue weighted by molar-refractivity contribution is 7.87. The largest absolute Gasteiger partial charge is 0.494 e. The third-order valence-electron chi connectivity index (χ3n) is 6.76. The number of halogens is 3. The van der Waals surface area contributed by atoms with E-state index in [1.54, 1.807) is 12.1 Å². The monoisotopic (exact) mass is 645 g/mol. The molecule has 0 unspecified atom stereocenters. The zero-order chi connectivity index (χ0) is 33.2. The number of hydrazine groups is 1. The molecule has 0 atom stereocenters. The molecule has 1 amide bonds. The van der Waals surface area contributed by atoms with Gasteiger partial charge in [0.1, 0.15) is 16.4 Å². The molecule has 0 aromatic heterocycles. The number of ether oxygens (including phenoxy) is 2. The third kappa shape index (κ3) is 11.7. The van der Waals surface area contributed by atoms with Crippen molar-refractivity contribution in [3.63, 3.8) is 0 Å². The summed E-state index contributed by atoms with van der Waals surface area (Å²) in [6, 6.07) is 9.01. The van der Waals surface area contributed by atoms with E-state index in [-0.39, 0.29) is 38.6 Å². The Hall–Kier alpha value is -3.19. The van der Waals surface area contributed by atoms with Crippen molar-refractivity contribution in [3.8, 4) is 11.5 Å². The van der Waals surface area contributed by atoms with E-state index in [0.717, 1.165) is 44.1 Å². The second kappa shape index (κ2) is 15.7. The number of carbonyl (C=O) groups is 1. The van der Waals surface area contributed by atoms with E-state index in [1.807, 2.05) is 6.07 Å². The number of benzene rings is 2. The Balaban J connectivity index is 2.27. The molecule has 13 heteroatoms. The summed E-state index contributed by atoms with van der Waals surface area (Å²) in [4.78, 5) is 11.0. The van der Waals surface area contributed by atoms with Crippen molar-refractivity contribution in [2.24, 2.45) is 5.41 Å². The molecular weight excluding hydrogens is 599 g/mol. The molecular formula is C31H46F3N3O6S. The second-order valence-corrected chi connectivity index (χ2v) is 14.0. The number of hydrogen-bond acceptors (Lipinski definition) is 8. The molecule has 248 valence electrons. The Morgan fingerprint density at radius 2 is 1.55 bits per heavy atom. The van der Waals surface area contributed by atoms with Gasteiger partial charge >= 0.3 is 22.2 Å². The minimum absolute atomic E-state index is 0.00216. The van der Waals surface area contributed by atoms with Crippen molar-refractivity contribution in [2.45, 2.75) is 103 Å². The van der Waals surface area contributed by atoms with Crippen LogP contribution in [0.3, 0.4) is 0 Å². The first-order chi connectivity index (χ1) is 20.4. The van der Waals surface area contributed by atoms with Gasteiger partial charge in [-0.1, -0.05) is 79.7 Å². The second-order valence-electron chi connectivity index (χ2n) is 12.5. The van der Waals surface area contributed by atoms with Gasteiger partial charge in [0.2, 0.25) is 0 Å². The third-order valence-corrected chi connectivity index (χ3v) is 7.92. The van der Waals surface area contributed by atoms with Gasteiger partial charge in [-0.05, 0) is 53.5 Å². The van der Waals surface area contributed by atoms with Crippen LogP contribution in [0.2, 0.25) is 0 Å². The van der Waals surface area contributed by atoms with Crippen LogP contribution in [0.15, 0.2) is 41.3 Å². The van der Waals surface area contributed by atoms with Crippen molar-refractivity contribution in [3.05, 3.63) is 42.0 Å². The number of unbranched alkanes of at least 4 members (excludes halogenated alkanes) is 5. The number of carbonyl (C=O) groups excluding carboxylic acids is 1. The number of methoxy groups -OCH3 is 1. The molecule has 2 aromatic carbocycles. The summed E-state index contributed by atoms with van der Waals surface area (Å²) in [5, 5.41) is 0. The van der Waals surface area contributed by atoms with Gasteiger partial charge in [-0.3, -0.25) is 15.6 Å². The Morgan fingerprint density at radius 1 is 0.886 bits per heavy atom. The van der Waals surface area contributed by atoms with Gasteiger partial charge in [0, 0.05) is 6.07 Å². The average molecular weight is 646 g/mol. The Labute approximate surface area is 259 Å². The first-order valence-corrected chi connectivity index (χ1v) is 16.1. The standard InChI is InChI=1S/C31H46F3N3O6S/c1-8-9-10-11-12-13-18-42-25-17-14-22(30(5,6)21-29(2,3)4)19-27(25)44(39,40)43-37-23-15-16-24(26(20-23)41-7)35-36-28(38)31(32,33)34/h14-17,19-20,35,37H,8-13,18,21H2,1-7H3,(H,36,38). The molecule has 0 bridgehead atoms. The maximum Gasteiger partial charge on any atom is 0.472 e. The van der Waals surface area contributed by atoms with Crippen LogP contribution in [-0.4, -0.2) is 34.2 Å². The predicted octanol–water partition coefficient (Wildman–Crippen LogP) is 7.89. The first kappa shape index (κ1) is 37.0. The lowest BCUT2D eigenvalue weighted by Crippen LogP contribution is -2.40. The van der Waals surface area contributed by atoms with Gasteiger partial charge in [0.05, 0.1) is 25.1 Å². The average Bonchev–Trinajstić information content (AvgIpc) is 2.92. The quantitative estimate of drug-likeness (QED) is 0.118. The molecule has 0 saturated carbocycles. The topological polar surface area (TPSA) is 115 Å². The van der Waals surface area contributed by atoms with E-state index >= 15 is 0 Å². The number of anilines is 2. The van der Waals surface area contributed by atoms with Crippen LogP contribution in [-0.2, 0) is 24.6 Å². The van der Waals surface area contributed by atoms with E-state index in [4.69, 9.17) is 13.8 Å². The number of hydrogen-bond donors (Lipinski definition) is 3. The van der Waals surface area contributed by atoms with E-state index in [1.165, 1.54) is 37.2 Å². The maximum absolute atomic E-state index is 13.5. The first-order valence-electron chi connectivity index (χ1n) is 14.7. The minimum Gasteiger partial charge on any atom is -0.494 e. The highest BCUT2D eigenvalue weighted by atomic mass is 32.2. The van der Waals surface area contributed by atoms with E-state index < -0.39 is 22.2 Å². The predicted molar refractivity (Wildman–Crippen MR) is 165 cm³/mol. The summed E-state index contributed by atoms with van der Waals surface area (Å²) < 4.78 is 80.9. The summed E-state index contributed by atoms with van der Waals surface area (Å²) in [7, 11) is -3.16. The Bertz CT molecular complexity index is 1340. The van der Waals surface area contributed by atoms with Crippen molar-refractivity contribution in [2.75, 3.05) is 24.6 Å². The molecule has 0 saturated heterocycles. The van der Waals surface area contributed by atoms with Crippen LogP contribution < -0.4 is 25.8 Å². The van der Waals surface area contributed by atoms with Gasteiger partial charge in [-0.15, -0.1) is 4.28 Å². The zero-order valence-corrected chi connectivity index (χ0v) is 27.4. The fourth-order valence-electron chi connectivity index (χ4n) is 4.94. The highest BCUT2D eigenvalue weighted by Gasteiger charge is 2.38. The summed E-state index contributed by atoms with van der Waals surface area (Å²) in [5.41, 5.74) is 6.59. The summed E-state index contributed by atoms with van der Waals surface area (Å²) >= 11 is 0. The van der Waals surface area contributed by atoms with E-state index in [9.17, 15) is 26.4 Å². The lowest BCUT2D eigenvalue weighted by Gasteiger charge is -2.33. The highest BCUT2D eigenvalue weighted by Crippen LogP contribution is 2.39. The SMILES string of the molecule is CCCCCCCCOc1ccc(C(C)(C)CC(C)(C)C)cc1S(=O)(=O)ONc1ccc(NNC(=O)C(F)(F)F)c(OC)c1. The molecule has 0 spiro atoms. The van der Waals surface area contributed by atoms with E-state index in [2.05, 4.69) is 52.4 Å². The van der Waals surface area contributed by atoms with Crippen LogP contribution in [0.25, 0.3) is 0 Å². The van der Waals surface area contributed by atoms with Gasteiger partial charge < -0.3 is 9.47 Å². The van der Waals surface area contributed by atoms with Gasteiger partial charge in [-0.2, -0.15) is 21.6 Å². The van der Waals surface area contributed by atoms with Crippen molar-refractivity contribution < 1.29 is 40.1 Å². The number of rotatable bonds is 17. The van der Waals surface area contributed by atoms with Gasteiger partial charge in [0.25, 0.3) is 0 Å². The molecule has 44 heavy (non-hydrogen) atoms. The minimum atomic E-state index is -5.08. The summed E-state index contributed by atoms with van der Waals surface area (Å²) in [6.45, 7) is 13.0. The molecule has 0 fully saturated rings. The summed E-state index contributed by atoms with van der Waals surface area (Å²) in [6.07, 6.45) is 2.03. The molecule has 0 heterocycles. The van der Waals surface area contributed by atoms with E-state index in [0.29, 0.717) is 6.61 Å². The van der Waals surface area contributed by atoms with Gasteiger partial charge in [-0.25, -0.2) is 5.48 Å². The maximum atomic E-state index is 13.5. The number of alkyl halides is 3. The molecule has 2 rings (SSSR count). The molecule has 2 aromatic rings. The molecule has 3 N–H and O–H groups in total. The van der Waals surface area contributed by atoms with Crippen LogP contribution in [0.4, 0.5) is 24.5 Å². The molecule has 0 aliphatic carbocycles. The number of amides is 1. The van der Waals surface area contributed by atoms with Crippen molar-refractivity contribution in [1.29, 1.82) is 0 Å². The molecule has 0 radical (unpaired) electrons. The normalized spacial score (nSPS) is 12.5. The smallest absolute Gasteiger partial charge is 0.472 e. The Morgan fingerprint density at radius 3 is 2.16 bits per heavy atom. The van der Waals surface area contributed by atoms with Crippen molar-refractivity contribution >= 4 is 27.4 Å². The lowest BCUT2D eigenvalue weighted by atomic mass is 9.72. The van der Waals surface area contributed by atoms with Crippen LogP contribution in [0.5, 0.6) is 11.5 Å².